The molecule has 2 fully saturated rings. The lowest BCUT2D eigenvalue weighted by Gasteiger charge is -2.31. The maximum absolute atomic E-state index is 11.7. The summed E-state index contributed by atoms with van der Waals surface area (Å²) in [6.07, 6.45) is 7.21. The summed E-state index contributed by atoms with van der Waals surface area (Å²) >= 11 is 1.67. The summed E-state index contributed by atoms with van der Waals surface area (Å²) in [5.74, 6) is 1.17. The predicted octanol–water partition coefficient (Wildman–Crippen LogP) is 1.64. The summed E-state index contributed by atoms with van der Waals surface area (Å²) < 4.78 is 7.60. The van der Waals surface area contributed by atoms with E-state index in [4.69, 9.17) is 4.74 Å². The summed E-state index contributed by atoms with van der Waals surface area (Å²) in [4.78, 5) is 26.0. The Labute approximate surface area is 144 Å². The molecule has 2 aromatic heterocycles. The third-order valence-electron chi connectivity index (χ3n) is 4.66. The van der Waals surface area contributed by atoms with E-state index in [2.05, 4.69) is 19.4 Å². The highest BCUT2D eigenvalue weighted by Gasteiger charge is 2.26. The van der Waals surface area contributed by atoms with Gasteiger partial charge in [0.2, 0.25) is 5.91 Å². The van der Waals surface area contributed by atoms with E-state index >= 15 is 0 Å². The number of morpholine rings is 1. The van der Waals surface area contributed by atoms with Crippen molar-refractivity contribution >= 4 is 22.4 Å². The van der Waals surface area contributed by atoms with E-state index in [1.165, 1.54) is 0 Å². The van der Waals surface area contributed by atoms with Crippen molar-refractivity contribution in [3.05, 3.63) is 18.6 Å². The van der Waals surface area contributed by atoms with Gasteiger partial charge in [0.25, 0.3) is 0 Å². The zero-order valence-electron chi connectivity index (χ0n) is 13.7. The Balaban J connectivity index is 1.56. The van der Waals surface area contributed by atoms with Crippen LogP contribution in [0.3, 0.4) is 0 Å². The normalized spacial score (nSPS) is 22.2. The minimum atomic E-state index is 0.223. The van der Waals surface area contributed by atoms with Gasteiger partial charge in [0.15, 0.2) is 11.0 Å². The standard InChI is InChI=1S/C16H21N5O2S/c1-19-11-12(2-3-14(19)22)21-5-4-17-15(21)13-10-18-16(24-13)20-6-8-23-9-7-20/h4-5,10,12H,2-3,6-9,11H2,1H3/t12-/m0/s1. The number of hydrogen-bond acceptors (Lipinski definition) is 6. The predicted molar refractivity (Wildman–Crippen MR) is 92.3 cm³/mol. The maximum atomic E-state index is 11.7. The highest BCUT2D eigenvalue weighted by molar-refractivity contribution is 7.18. The van der Waals surface area contributed by atoms with Crippen LogP contribution >= 0.6 is 11.3 Å². The van der Waals surface area contributed by atoms with Crippen molar-refractivity contribution in [3.63, 3.8) is 0 Å². The number of imidazole rings is 1. The molecule has 0 bridgehead atoms. The van der Waals surface area contributed by atoms with Crippen LogP contribution in [-0.2, 0) is 9.53 Å². The highest BCUT2D eigenvalue weighted by atomic mass is 32.1. The van der Waals surface area contributed by atoms with Crippen molar-refractivity contribution in [1.82, 2.24) is 19.4 Å². The fraction of sp³-hybridized carbons (Fsp3) is 0.562. The highest BCUT2D eigenvalue weighted by Crippen LogP contribution is 2.33. The fourth-order valence-electron chi connectivity index (χ4n) is 3.28. The van der Waals surface area contributed by atoms with Crippen LogP contribution in [0.15, 0.2) is 18.6 Å². The molecule has 0 saturated carbocycles. The third-order valence-corrected chi connectivity index (χ3v) is 5.71. The van der Waals surface area contributed by atoms with Crippen LogP contribution in [-0.4, -0.2) is 65.2 Å². The largest absolute Gasteiger partial charge is 0.378 e. The molecule has 0 spiro atoms. The van der Waals surface area contributed by atoms with Gasteiger partial charge in [-0.1, -0.05) is 11.3 Å². The van der Waals surface area contributed by atoms with Gasteiger partial charge in [-0.2, -0.15) is 0 Å². The van der Waals surface area contributed by atoms with Crippen LogP contribution in [0.5, 0.6) is 0 Å². The molecule has 0 aliphatic carbocycles. The topological polar surface area (TPSA) is 63.5 Å². The third kappa shape index (κ3) is 2.91. The van der Waals surface area contributed by atoms with E-state index < -0.39 is 0 Å². The van der Waals surface area contributed by atoms with Gasteiger partial charge >= 0.3 is 0 Å². The Morgan fingerprint density at radius 2 is 2.12 bits per heavy atom. The molecule has 0 N–H and O–H groups in total. The van der Waals surface area contributed by atoms with Gasteiger partial charge < -0.3 is 19.1 Å². The first-order chi connectivity index (χ1) is 11.7. The van der Waals surface area contributed by atoms with Crippen LogP contribution < -0.4 is 4.90 Å². The number of rotatable bonds is 3. The summed E-state index contributed by atoms with van der Waals surface area (Å²) in [7, 11) is 1.87. The lowest BCUT2D eigenvalue weighted by atomic mass is 10.1. The molecule has 2 aliphatic heterocycles. The first-order valence-electron chi connectivity index (χ1n) is 8.28. The number of amides is 1. The van der Waals surface area contributed by atoms with Crippen LogP contribution in [0.25, 0.3) is 10.7 Å². The minimum absolute atomic E-state index is 0.223. The van der Waals surface area contributed by atoms with Crippen molar-refractivity contribution in [3.8, 4) is 10.7 Å². The summed E-state index contributed by atoms with van der Waals surface area (Å²) in [6.45, 7) is 4.02. The Morgan fingerprint density at radius 3 is 2.92 bits per heavy atom. The number of aromatic nitrogens is 3. The molecule has 1 atom stereocenters. The van der Waals surface area contributed by atoms with Gasteiger partial charge in [-0.25, -0.2) is 9.97 Å². The maximum Gasteiger partial charge on any atom is 0.222 e. The SMILES string of the molecule is CN1C[C@@H](n2ccnc2-c2cnc(N3CCOCC3)s2)CCC1=O. The number of ether oxygens (including phenoxy) is 1. The second-order valence-corrected chi connectivity index (χ2v) is 7.24. The van der Waals surface area contributed by atoms with Gasteiger partial charge in [0.05, 0.1) is 30.3 Å². The zero-order valence-corrected chi connectivity index (χ0v) is 14.5. The molecule has 2 aromatic rings. The number of piperidine rings is 1. The van der Waals surface area contributed by atoms with Gasteiger partial charge in [-0.3, -0.25) is 4.79 Å². The fourth-order valence-corrected chi connectivity index (χ4v) is 4.25. The Bertz CT molecular complexity index is 722. The smallest absolute Gasteiger partial charge is 0.222 e. The molecule has 1 amide bonds. The van der Waals surface area contributed by atoms with Gasteiger partial charge in [0, 0.05) is 45.5 Å². The lowest BCUT2D eigenvalue weighted by molar-refractivity contribution is -0.132. The summed E-state index contributed by atoms with van der Waals surface area (Å²) in [5, 5.41) is 1.03. The number of likely N-dealkylation sites (tertiary alicyclic amines) is 1. The molecule has 0 radical (unpaired) electrons. The van der Waals surface area contributed by atoms with Crippen LogP contribution in [0.4, 0.5) is 5.13 Å². The first kappa shape index (κ1) is 15.6. The van der Waals surface area contributed by atoms with Gasteiger partial charge in [0.1, 0.15) is 0 Å². The molecule has 128 valence electrons. The minimum Gasteiger partial charge on any atom is -0.378 e. The number of hydrogen-bond donors (Lipinski definition) is 0. The lowest BCUT2D eigenvalue weighted by Crippen LogP contribution is -2.37. The molecular formula is C16H21N5O2S. The molecule has 0 unspecified atom stereocenters. The number of nitrogens with zero attached hydrogens (tertiary/aromatic N) is 5. The number of thiazole rings is 1. The molecule has 2 aliphatic rings. The number of likely N-dealkylation sites (N-methyl/N-ethyl adjacent to an activating group) is 1. The number of anilines is 1. The van der Waals surface area contributed by atoms with Crippen LogP contribution in [0.1, 0.15) is 18.9 Å². The first-order valence-corrected chi connectivity index (χ1v) is 9.10. The van der Waals surface area contributed by atoms with Crippen molar-refractivity contribution in [1.29, 1.82) is 0 Å². The quantitative estimate of drug-likeness (QED) is 0.845. The average molecular weight is 347 g/mol. The monoisotopic (exact) mass is 347 g/mol. The van der Waals surface area contributed by atoms with E-state index in [-0.39, 0.29) is 11.9 Å². The average Bonchev–Trinajstić information content (AvgIpc) is 3.27. The van der Waals surface area contributed by atoms with Crippen molar-refractivity contribution in [2.75, 3.05) is 44.8 Å². The summed E-state index contributed by atoms with van der Waals surface area (Å²) in [6, 6.07) is 0.277. The zero-order chi connectivity index (χ0) is 16.5. The van der Waals surface area contributed by atoms with Crippen molar-refractivity contribution < 1.29 is 9.53 Å². The molecule has 24 heavy (non-hydrogen) atoms. The van der Waals surface area contributed by atoms with E-state index in [1.54, 1.807) is 11.3 Å². The molecule has 0 aromatic carbocycles. The molecule has 4 heterocycles. The van der Waals surface area contributed by atoms with E-state index in [0.29, 0.717) is 6.42 Å². The van der Waals surface area contributed by atoms with E-state index in [0.717, 1.165) is 55.1 Å². The number of carbonyl (C=O) groups is 1. The van der Waals surface area contributed by atoms with Crippen molar-refractivity contribution in [2.24, 2.45) is 0 Å². The Kier molecular flexibility index (Phi) is 4.24. The van der Waals surface area contributed by atoms with Crippen LogP contribution in [0.2, 0.25) is 0 Å². The second kappa shape index (κ2) is 6.52. The van der Waals surface area contributed by atoms with E-state index in [9.17, 15) is 4.79 Å². The molecular weight excluding hydrogens is 326 g/mol. The van der Waals surface area contributed by atoms with Gasteiger partial charge in [-0.15, -0.1) is 0 Å². The van der Waals surface area contributed by atoms with E-state index in [1.807, 2.05) is 30.5 Å². The van der Waals surface area contributed by atoms with Crippen LogP contribution in [0, 0.1) is 0 Å². The Hall–Kier alpha value is -1.93. The molecule has 7 nitrogen and oxygen atoms in total. The Morgan fingerprint density at radius 1 is 1.29 bits per heavy atom. The number of carbonyl (C=O) groups excluding carboxylic acids is 1. The molecule has 4 rings (SSSR count). The second-order valence-electron chi connectivity index (χ2n) is 6.23. The van der Waals surface area contributed by atoms with Gasteiger partial charge in [-0.05, 0) is 6.42 Å². The van der Waals surface area contributed by atoms with Crippen molar-refractivity contribution in [2.45, 2.75) is 18.9 Å². The summed E-state index contributed by atoms with van der Waals surface area (Å²) in [5.41, 5.74) is 0. The molecule has 8 heteroatoms. The molecule has 2 saturated heterocycles.